The van der Waals surface area contributed by atoms with Gasteiger partial charge in [-0.1, -0.05) is 0 Å². The molecule has 0 amide bonds. The zero-order chi connectivity index (χ0) is 58.1. The Kier molecular flexibility index (Phi) is 30.2. The summed E-state index contributed by atoms with van der Waals surface area (Å²) in [5.41, 5.74) is 0. The third-order valence-electron chi connectivity index (χ3n) is 7.98. The van der Waals surface area contributed by atoms with Gasteiger partial charge in [0, 0.05) is 21.3 Å². The van der Waals surface area contributed by atoms with Crippen molar-refractivity contribution in [1.82, 2.24) is 0 Å². The molecule has 0 saturated heterocycles. The third-order valence-corrected chi connectivity index (χ3v) is 65.6. The van der Waals surface area contributed by atoms with E-state index >= 15 is 0 Å². The first-order valence-electron chi connectivity index (χ1n) is 24.9. The van der Waals surface area contributed by atoms with Crippen molar-refractivity contribution in [1.29, 1.82) is 0 Å². The van der Waals surface area contributed by atoms with Gasteiger partial charge in [0.1, 0.15) is 0 Å². The lowest BCUT2D eigenvalue weighted by molar-refractivity contribution is -0.138. The molecular weight excluding hydrogens is 1210 g/mol. The Morgan fingerprint density at radius 2 is 0.361 bits per heavy atom. The predicted molar refractivity (Wildman–Crippen MR) is 333 cm³/mol. The van der Waals surface area contributed by atoms with Crippen LogP contribution in [0.15, 0.2) is 0 Å². The molecule has 0 aromatic carbocycles. The van der Waals surface area contributed by atoms with E-state index in [9.17, 15) is 0 Å². The number of hydrogen-bond acceptors (Lipinski definition) is 19. The molecule has 72 heavy (non-hydrogen) atoms. The Bertz CT molecular complexity index is 1610. The van der Waals surface area contributed by atoms with Crippen LogP contribution in [-0.2, 0) is 80.0 Å². The zero-order valence-electron chi connectivity index (χ0n) is 52.4. The molecule has 0 heterocycles. The second kappa shape index (κ2) is 28.3. The van der Waals surface area contributed by atoms with Crippen molar-refractivity contribution in [3.05, 3.63) is 0 Å². The normalized spacial score (nSPS) is 15.4. The first-order chi connectivity index (χ1) is 31.2. The summed E-state index contributed by atoms with van der Waals surface area (Å²) in [6, 6.07) is 0. The van der Waals surface area contributed by atoms with E-state index < -0.39 is 147 Å². The van der Waals surface area contributed by atoms with E-state index in [0.717, 1.165) is 0 Å². The average molecular weight is 1320 g/mol. The summed E-state index contributed by atoms with van der Waals surface area (Å²) in [5.74, 6) is 0. The standard InChI is InChI=1S/C33H100O16Si16.C3H10O3Si/c1-50(2)36-53(8,9)38-55(12,13)40-57(16,17)42-59(20,21)44-61(24,25)46-63(28,29)48-65(32,33)49-64(30,31)47-62(26,27)45-60(22,23)43-58(18,19)41-56(14,15)39-54(10,11)37-52(6,7)35-34-51(3,4)5;1-4-7(5-2)6-3/h50H,1-33H3;7H,1-3H3. The molecule has 436 valence electrons. The van der Waals surface area contributed by atoms with E-state index in [1.165, 1.54) is 0 Å². The third kappa shape index (κ3) is 38.6. The minimum absolute atomic E-state index is 1.25. The average Bonchev–Trinajstić information content (AvgIpc) is 2.95. The van der Waals surface area contributed by atoms with E-state index in [-0.39, 0.29) is 0 Å². The molecule has 0 aliphatic rings. The fraction of sp³-hybridized carbons (Fsp3) is 1.00. The van der Waals surface area contributed by atoms with Crippen LogP contribution in [0.5, 0.6) is 0 Å². The highest BCUT2D eigenvalue weighted by Crippen LogP contribution is 2.33. The van der Waals surface area contributed by atoms with Gasteiger partial charge in [-0.2, -0.15) is 0 Å². The largest absolute Gasteiger partial charge is 0.483 e. The lowest BCUT2D eigenvalue weighted by atomic mass is 11.8. The van der Waals surface area contributed by atoms with Crippen LogP contribution in [0.2, 0.25) is 216 Å². The van der Waals surface area contributed by atoms with Gasteiger partial charge in [-0.25, -0.2) is 0 Å². The molecule has 19 nitrogen and oxygen atoms in total. The molecule has 0 radical (unpaired) electrons. The predicted octanol–water partition coefficient (Wildman–Crippen LogP) is 11.5. The van der Waals surface area contributed by atoms with Crippen molar-refractivity contribution in [2.75, 3.05) is 21.3 Å². The summed E-state index contributed by atoms with van der Waals surface area (Å²) in [5, 5.41) is 0. The molecule has 0 N–H and O–H groups in total. The van der Waals surface area contributed by atoms with Gasteiger partial charge in [-0.15, -0.1) is 0 Å². The molecule has 0 aromatic heterocycles. The SMILES string of the molecule is CO[SiH](OC)OC.C[SiH](C)O[Si](C)(C)O[Si](C)(C)O[Si](C)(C)O[Si](C)(C)O[Si](C)(C)O[Si](C)(C)O[Si](C)(C)O[Si](C)(C)O[Si](C)(C)O[Si](C)(C)O[Si](C)(C)O[Si](C)(C)O[Si](C)(C)O[Si](C)(C)OO[Si](C)(C)C. The second-order valence-corrected chi connectivity index (χ2v) is 84.8. The van der Waals surface area contributed by atoms with Gasteiger partial charge in [0.25, 0.3) is 0 Å². The molecule has 0 bridgehead atoms. The van der Waals surface area contributed by atoms with Gasteiger partial charge < -0.3 is 70.9 Å². The van der Waals surface area contributed by atoms with Crippen LogP contribution in [0, 0.1) is 0 Å². The summed E-state index contributed by atoms with van der Waals surface area (Å²) < 4.78 is 120. The minimum Gasteiger partial charge on any atom is -0.440 e. The van der Waals surface area contributed by atoms with Crippen LogP contribution in [0.4, 0.5) is 0 Å². The monoisotopic (exact) mass is 1320 g/mol. The molecule has 0 rings (SSSR count). The quantitative estimate of drug-likeness (QED) is 0.0337. The van der Waals surface area contributed by atoms with E-state index in [2.05, 4.69) is 164 Å². The maximum Gasteiger partial charge on any atom is 0.483 e. The molecule has 0 fully saturated rings. The molecule has 0 aliphatic carbocycles. The lowest BCUT2D eigenvalue weighted by Crippen LogP contribution is -2.63. The van der Waals surface area contributed by atoms with Crippen molar-refractivity contribution < 1.29 is 80.0 Å². The minimum atomic E-state index is -2.80. The van der Waals surface area contributed by atoms with Crippen LogP contribution >= 0.6 is 0 Å². The van der Waals surface area contributed by atoms with Gasteiger partial charge in [-0.05, 0) is 216 Å². The Hall–Kier alpha value is 2.93. The summed E-state index contributed by atoms with van der Waals surface area (Å²) in [4.78, 5) is 0. The van der Waals surface area contributed by atoms with E-state index in [1.54, 1.807) is 21.3 Å². The van der Waals surface area contributed by atoms with Crippen LogP contribution in [0.25, 0.3) is 0 Å². The molecule has 0 unspecified atom stereocenters. The topological polar surface area (TPSA) is 175 Å². The van der Waals surface area contributed by atoms with Gasteiger partial charge in [0.15, 0.2) is 9.04 Å². The van der Waals surface area contributed by atoms with Crippen LogP contribution in [0.3, 0.4) is 0 Å². The lowest BCUT2D eigenvalue weighted by Gasteiger charge is -2.45. The molecular formula is C36H110O19Si17. The summed E-state index contributed by atoms with van der Waals surface area (Å²) in [6.07, 6.45) is 0. The highest BCUT2D eigenvalue weighted by Gasteiger charge is 2.53. The molecule has 36 heteroatoms. The summed E-state index contributed by atoms with van der Waals surface area (Å²) in [6.45, 7) is 68.1. The number of rotatable bonds is 34. The Morgan fingerprint density at radius 1 is 0.208 bits per heavy atom. The highest BCUT2D eigenvalue weighted by atomic mass is 28.5. The fourth-order valence-electron chi connectivity index (χ4n) is 9.07. The van der Waals surface area contributed by atoms with Crippen LogP contribution in [0.1, 0.15) is 0 Å². The van der Waals surface area contributed by atoms with Crippen molar-refractivity contribution in [2.45, 2.75) is 216 Å². The van der Waals surface area contributed by atoms with E-state index in [0.29, 0.717) is 0 Å². The highest BCUT2D eigenvalue weighted by molar-refractivity contribution is 6.94. The molecule has 0 aliphatic heterocycles. The maximum atomic E-state index is 6.88. The summed E-state index contributed by atoms with van der Waals surface area (Å²) >= 11 is 0. The molecule has 0 aromatic rings. The maximum absolute atomic E-state index is 6.88. The van der Waals surface area contributed by atoms with E-state index in [1.807, 2.05) is 52.4 Å². The van der Waals surface area contributed by atoms with Crippen LogP contribution in [-0.4, -0.2) is 168 Å². The van der Waals surface area contributed by atoms with Crippen molar-refractivity contribution in [2.24, 2.45) is 0 Å². The van der Waals surface area contributed by atoms with Crippen LogP contribution < -0.4 is 0 Å². The first-order valence-corrected chi connectivity index (χ1v) is 71.9. The first kappa shape index (κ1) is 77.0. The number of hydrogen-bond donors (Lipinski definition) is 0. The Balaban J connectivity index is 0. The fourth-order valence-corrected chi connectivity index (χ4v) is 84.8. The van der Waals surface area contributed by atoms with Crippen molar-refractivity contribution in [3.63, 3.8) is 0 Å². The van der Waals surface area contributed by atoms with Crippen molar-refractivity contribution >= 4 is 147 Å². The second-order valence-electron chi connectivity index (χ2n) is 25.4. The molecule has 0 atom stereocenters. The molecule has 0 spiro atoms. The van der Waals surface area contributed by atoms with Gasteiger partial charge in [-0.3, -0.25) is 9.15 Å². The van der Waals surface area contributed by atoms with Gasteiger partial charge >= 0.3 is 129 Å². The van der Waals surface area contributed by atoms with Gasteiger partial charge in [0.05, 0.1) is 0 Å². The zero-order valence-corrected chi connectivity index (χ0v) is 69.7. The van der Waals surface area contributed by atoms with Crippen molar-refractivity contribution in [3.8, 4) is 0 Å². The van der Waals surface area contributed by atoms with Gasteiger partial charge in [0.2, 0.25) is 8.32 Å². The Labute approximate surface area is 460 Å². The summed E-state index contributed by atoms with van der Waals surface area (Å²) in [7, 11) is -37.9. The molecule has 0 saturated carbocycles. The smallest absolute Gasteiger partial charge is 0.440 e. The van der Waals surface area contributed by atoms with E-state index in [4.69, 9.17) is 80.0 Å². The Morgan fingerprint density at radius 3 is 0.486 bits per heavy atom.